The summed E-state index contributed by atoms with van der Waals surface area (Å²) in [5, 5.41) is 0. The average Bonchev–Trinajstić information content (AvgIpc) is 2.63. The highest BCUT2D eigenvalue weighted by Crippen LogP contribution is 2.28. The van der Waals surface area contributed by atoms with E-state index in [-0.39, 0.29) is 23.8 Å². The minimum absolute atomic E-state index is 0.0668. The van der Waals surface area contributed by atoms with E-state index in [2.05, 4.69) is 0 Å². The third-order valence-electron chi connectivity index (χ3n) is 4.20. The molecule has 5 heteroatoms. The molecule has 2 atom stereocenters. The first-order valence-electron chi connectivity index (χ1n) is 7.52. The van der Waals surface area contributed by atoms with Gasteiger partial charge in [-0.15, -0.1) is 0 Å². The molecule has 1 aromatic carbocycles. The molecule has 1 amide bonds. The number of hydrogen-bond donors (Lipinski definition) is 1. The van der Waals surface area contributed by atoms with Crippen LogP contribution in [0.25, 0.3) is 0 Å². The zero-order valence-corrected chi connectivity index (χ0v) is 12.8. The number of rotatable bonds is 4. The molecule has 0 spiro atoms. The molecule has 0 aliphatic carbocycles. The van der Waals surface area contributed by atoms with Gasteiger partial charge in [0.25, 0.3) is 0 Å². The van der Waals surface area contributed by atoms with Crippen molar-refractivity contribution in [1.29, 1.82) is 0 Å². The molecule has 0 aromatic heterocycles. The minimum atomic E-state index is -0.258. The van der Waals surface area contributed by atoms with Crippen molar-refractivity contribution < 1.29 is 9.18 Å². The molecule has 4 nitrogen and oxygen atoms in total. The minimum Gasteiger partial charge on any atom is -0.345 e. The number of carbonyl (C=O) groups excluding carboxylic acids is 1. The summed E-state index contributed by atoms with van der Waals surface area (Å²) in [6.07, 6.45) is 1.61. The maximum atomic E-state index is 14.2. The Morgan fingerprint density at radius 2 is 2.05 bits per heavy atom. The van der Waals surface area contributed by atoms with Gasteiger partial charge in [-0.3, -0.25) is 9.69 Å². The van der Waals surface area contributed by atoms with E-state index < -0.39 is 0 Å². The van der Waals surface area contributed by atoms with E-state index in [1.807, 2.05) is 24.9 Å². The van der Waals surface area contributed by atoms with E-state index in [4.69, 9.17) is 5.73 Å². The zero-order valence-electron chi connectivity index (χ0n) is 12.8. The van der Waals surface area contributed by atoms with E-state index in [0.29, 0.717) is 12.1 Å². The number of nitrogens with two attached hydrogens (primary N) is 1. The lowest BCUT2D eigenvalue weighted by Gasteiger charge is -2.34. The fourth-order valence-corrected chi connectivity index (χ4v) is 2.88. The van der Waals surface area contributed by atoms with Gasteiger partial charge in [0, 0.05) is 31.7 Å². The van der Waals surface area contributed by atoms with E-state index in [1.54, 1.807) is 17.0 Å². The number of hydrogen-bond acceptors (Lipinski definition) is 3. The normalized spacial score (nSPS) is 20.2. The SMILES string of the molecule is CCC(N)C(c1ccccc1F)N1CCCN(C)C(=O)C1. The number of halogens is 1. The zero-order chi connectivity index (χ0) is 15.4. The predicted molar refractivity (Wildman–Crippen MR) is 81.2 cm³/mol. The third-order valence-corrected chi connectivity index (χ3v) is 4.20. The molecule has 2 unspecified atom stereocenters. The number of likely N-dealkylation sites (N-methyl/N-ethyl adjacent to an activating group) is 1. The van der Waals surface area contributed by atoms with Gasteiger partial charge < -0.3 is 10.6 Å². The molecule has 1 fully saturated rings. The van der Waals surface area contributed by atoms with Crippen molar-refractivity contribution in [2.45, 2.75) is 31.8 Å². The first-order valence-corrected chi connectivity index (χ1v) is 7.52. The van der Waals surface area contributed by atoms with Crippen LogP contribution in [0.5, 0.6) is 0 Å². The van der Waals surface area contributed by atoms with Crippen LogP contribution in [0.15, 0.2) is 24.3 Å². The van der Waals surface area contributed by atoms with Gasteiger partial charge in [0.1, 0.15) is 5.82 Å². The van der Waals surface area contributed by atoms with Gasteiger partial charge in [0.15, 0.2) is 0 Å². The fourth-order valence-electron chi connectivity index (χ4n) is 2.88. The van der Waals surface area contributed by atoms with Gasteiger partial charge in [-0.2, -0.15) is 0 Å². The first-order chi connectivity index (χ1) is 10.0. The molecule has 116 valence electrons. The molecular weight excluding hydrogens is 269 g/mol. The Morgan fingerprint density at radius 1 is 1.33 bits per heavy atom. The van der Waals surface area contributed by atoms with Crippen LogP contribution in [-0.4, -0.2) is 48.4 Å². The molecule has 1 aliphatic rings. The molecule has 1 aliphatic heterocycles. The lowest BCUT2D eigenvalue weighted by Crippen LogP contribution is -2.44. The molecule has 0 bridgehead atoms. The second-order valence-corrected chi connectivity index (χ2v) is 5.68. The lowest BCUT2D eigenvalue weighted by atomic mass is 9.95. The Kier molecular flexibility index (Phi) is 5.31. The summed E-state index contributed by atoms with van der Waals surface area (Å²) < 4.78 is 14.2. The molecule has 2 N–H and O–H groups in total. The smallest absolute Gasteiger partial charge is 0.236 e. The number of amides is 1. The van der Waals surface area contributed by atoms with Crippen molar-refractivity contribution in [1.82, 2.24) is 9.80 Å². The number of benzene rings is 1. The Hall–Kier alpha value is -1.46. The molecular formula is C16H24FN3O. The maximum absolute atomic E-state index is 14.2. The second-order valence-electron chi connectivity index (χ2n) is 5.68. The Morgan fingerprint density at radius 3 is 2.71 bits per heavy atom. The fraction of sp³-hybridized carbons (Fsp3) is 0.562. The Bertz CT molecular complexity index is 494. The van der Waals surface area contributed by atoms with E-state index >= 15 is 0 Å². The summed E-state index contributed by atoms with van der Waals surface area (Å²) in [6, 6.07) is 6.27. The highest BCUT2D eigenvalue weighted by molar-refractivity contribution is 5.78. The predicted octanol–water partition coefficient (Wildman–Crippen LogP) is 1.77. The first kappa shape index (κ1) is 15.9. The molecule has 1 heterocycles. The van der Waals surface area contributed by atoms with E-state index in [0.717, 1.165) is 25.9 Å². The van der Waals surface area contributed by atoms with Crippen LogP contribution >= 0.6 is 0 Å². The van der Waals surface area contributed by atoms with Crippen molar-refractivity contribution in [2.75, 3.05) is 26.7 Å². The van der Waals surface area contributed by atoms with Crippen LogP contribution in [0, 0.1) is 5.82 Å². The van der Waals surface area contributed by atoms with Crippen molar-refractivity contribution in [3.05, 3.63) is 35.6 Å². The van der Waals surface area contributed by atoms with Gasteiger partial charge in [0.05, 0.1) is 12.6 Å². The molecule has 0 saturated carbocycles. The topological polar surface area (TPSA) is 49.6 Å². The van der Waals surface area contributed by atoms with Gasteiger partial charge in [-0.25, -0.2) is 4.39 Å². The molecule has 21 heavy (non-hydrogen) atoms. The van der Waals surface area contributed by atoms with Crippen LogP contribution < -0.4 is 5.73 Å². The van der Waals surface area contributed by atoms with Gasteiger partial charge >= 0.3 is 0 Å². The maximum Gasteiger partial charge on any atom is 0.236 e. The quantitative estimate of drug-likeness (QED) is 0.920. The third kappa shape index (κ3) is 3.60. The van der Waals surface area contributed by atoms with Crippen LogP contribution in [0.2, 0.25) is 0 Å². The number of carbonyl (C=O) groups is 1. The highest BCUT2D eigenvalue weighted by atomic mass is 19.1. The molecule has 0 radical (unpaired) electrons. The molecule has 2 rings (SSSR count). The van der Waals surface area contributed by atoms with Gasteiger partial charge in [0.2, 0.25) is 5.91 Å². The van der Waals surface area contributed by atoms with Crippen LogP contribution in [0.3, 0.4) is 0 Å². The summed E-state index contributed by atoms with van der Waals surface area (Å²) >= 11 is 0. The second kappa shape index (κ2) is 7.00. The van der Waals surface area contributed by atoms with Gasteiger partial charge in [-0.1, -0.05) is 25.1 Å². The molecule has 1 saturated heterocycles. The lowest BCUT2D eigenvalue weighted by molar-refractivity contribution is -0.130. The number of nitrogens with zero attached hydrogens (tertiary/aromatic N) is 2. The van der Waals surface area contributed by atoms with Crippen LogP contribution in [0.4, 0.5) is 4.39 Å². The average molecular weight is 293 g/mol. The summed E-state index contributed by atoms with van der Waals surface area (Å²) in [5.41, 5.74) is 6.83. The summed E-state index contributed by atoms with van der Waals surface area (Å²) in [4.78, 5) is 15.9. The summed E-state index contributed by atoms with van der Waals surface area (Å²) in [5.74, 6) is -0.186. The van der Waals surface area contributed by atoms with Crippen molar-refractivity contribution >= 4 is 5.91 Å². The van der Waals surface area contributed by atoms with Crippen molar-refractivity contribution in [3.63, 3.8) is 0 Å². The highest BCUT2D eigenvalue weighted by Gasteiger charge is 2.31. The van der Waals surface area contributed by atoms with Crippen LogP contribution in [0.1, 0.15) is 31.4 Å². The monoisotopic (exact) mass is 293 g/mol. The van der Waals surface area contributed by atoms with Crippen LogP contribution in [-0.2, 0) is 4.79 Å². The Labute approximate surface area is 125 Å². The summed E-state index contributed by atoms with van der Waals surface area (Å²) in [6.45, 7) is 3.77. The van der Waals surface area contributed by atoms with E-state index in [1.165, 1.54) is 6.07 Å². The standard InChI is InChI=1S/C16H24FN3O/c1-3-14(18)16(12-7-4-5-8-13(12)17)20-10-6-9-19(2)15(21)11-20/h4-5,7-8,14,16H,3,6,9-11,18H2,1-2H3. The van der Waals surface area contributed by atoms with Crippen molar-refractivity contribution in [2.24, 2.45) is 5.73 Å². The Balaban J connectivity index is 2.32. The van der Waals surface area contributed by atoms with Gasteiger partial charge in [-0.05, 0) is 18.9 Å². The largest absolute Gasteiger partial charge is 0.345 e. The van der Waals surface area contributed by atoms with Crippen molar-refractivity contribution in [3.8, 4) is 0 Å². The van der Waals surface area contributed by atoms with E-state index in [9.17, 15) is 9.18 Å². The summed E-state index contributed by atoms with van der Waals surface area (Å²) in [7, 11) is 1.81. The molecule has 1 aromatic rings.